The minimum Gasteiger partial charge on any atom is -0.508 e. The van der Waals surface area contributed by atoms with Crippen molar-refractivity contribution in [2.45, 2.75) is 26.5 Å². The summed E-state index contributed by atoms with van der Waals surface area (Å²) in [6.07, 6.45) is -0.223. The zero-order chi connectivity index (χ0) is 23.3. The molecule has 1 heterocycles. The topological polar surface area (TPSA) is 94.0 Å². The SMILES string of the molecule is COc1cc(OC)nc(N(Cc2c(O)cccc2Cl)c2ccc(C(=O)OC(C)C)cc2)n1. The van der Waals surface area contributed by atoms with Crippen LogP contribution in [-0.4, -0.2) is 41.4 Å². The molecule has 9 heteroatoms. The van der Waals surface area contributed by atoms with Crippen molar-refractivity contribution in [1.82, 2.24) is 9.97 Å². The number of phenols is 1. The largest absolute Gasteiger partial charge is 0.508 e. The van der Waals surface area contributed by atoms with E-state index in [2.05, 4.69) is 9.97 Å². The lowest BCUT2D eigenvalue weighted by Gasteiger charge is -2.24. The molecular weight excluding hydrogens is 434 g/mol. The number of hydrogen-bond acceptors (Lipinski definition) is 8. The summed E-state index contributed by atoms with van der Waals surface area (Å²) in [5.41, 5.74) is 1.55. The van der Waals surface area contributed by atoms with E-state index in [1.165, 1.54) is 14.2 Å². The van der Waals surface area contributed by atoms with Gasteiger partial charge in [-0.1, -0.05) is 17.7 Å². The molecule has 168 valence electrons. The van der Waals surface area contributed by atoms with Gasteiger partial charge < -0.3 is 24.2 Å². The van der Waals surface area contributed by atoms with Gasteiger partial charge in [-0.3, -0.25) is 0 Å². The van der Waals surface area contributed by atoms with Crippen LogP contribution in [0.3, 0.4) is 0 Å². The summed E-state index contributed by atoms with van der Waals surface area (Å²) in [6.45, 7) is 3.73. The molecule has 3 rings (SSSR count). The minimum atomic E-state index is -0.416. The van der Waals surface area contributed by atoms with Crippen LogP contribution in [0, 0.1) is 0 Å². The second-order valence-corrected chi connectivity index (χ2v) is 7.48. The summed E-state index contributed by atoms with van der Waals surface area (Å²) in [5.74, 6) is 0.489. The monoisotopic (exact) mass is 457 g/mol. The third-order valence-electron chi connectivity index (χ3n) is 4.49. The lowest BCUT2D eigenvalue weighted by molar-refractivity contribution is 0.0378. The summed E-state index contributed by atoms with van der Waals surface area (Å²) < 4.78 is 15.8. The number of methoxy groups -OCH3 is 2. The van der Waals surface area contributed by atoms with E-state index in [1.807, 2.05) is 0 Å². The molecule has 32 heavy (non-hydrogen) atoms. The molecule has 8 nitrogen and oxygen atoms in total. The van der Waals surface area contributed by atoms with Crippen molar-refractivity contribution < 1.29 is 24.1 Å². The Morgan fingerprint density at radius 3 is 2.22 bits per heavy atom. The number of ether oxygens (including phenoxy) is 3. The number of carbonyl (C=O) groups excluding carboxylic acids is 1. The Balaban J connectivity index is 2.06. The predicted octanol–water partition coefficient (Wildman–Crippen LogP) is 4.76. The molecule has 0 radical (unpaired) electrons. The molecule has 0 bridgehead atoms. The number of halogens is 1. The molecule has 0 fully saturated rings. The van der Waals surface area contributed by atoms with Gasteiger partial charge in [0.1, 0.15) is 5.75 Å². The second kappa shape index (κ2) is 10.2. The third-order valence-corrected chi connectivity index (χ3v) is 4.85. The maximum atomic E-state index is 12.2. The predicted molar refractivity (Wildman–Crippen MR) is 121 cm³/mol. The summed E-state index contributed by atoms with van der Waals surface area (Å²) >= 11 is 6.34. The van der Waals surface area contributed by atoms with Crippen LogP contribution in [0.5, 0.6) is 17.5 Å². The molecule has 0 aliphatic heterocycles. The average molecular weight is 458 g/mol. The first-order valence-corrected chi connectivity index (χ1v) is 10.2. The lowest BCUT2D eigenvalue weighted by Crippen LogP contribution is -2.20. The number of esters is 1. The highest BCUT2D eigenvalue weighted by molar-refractivity contribution is 6.31. The van der Waals surface area contributed by atoms with Crippen LogP contribution < -0.4 is 14.4 Å². The van der Waals surface area contributed by atoms with E-state index in [0.29, 0.717) is 33.6 Å². The molecule has 0 amide bonds. The molecule has 0 aliphatic rings. The molecular formula is C23H24ClN3O5. The van der Waals surface area contributed by atoms with E-state index < -0.39 is 5.97 Å². The van der Waals surface area contributed by atoms with Crippen molar-refractivity contribution in [3.05, 3.63) is 64.7 Å². The first-order valence-electron chi connectivity index (χ1n) is 9.84. The first-order chi connectivity index (χ1) is 15.3. The van der Waals surface area contributed by atoms with Crippen LogP contribution in [0.2, 0.25) is 5.02 Å². The molecule has 2 aromatic carbocycles. The van der Waals surface area contributed by atoms with E-state index in [4.69, 9.17) is 25.8 Å². The molecule has 3 aromatic rings. The summed E-state index contributed by atoms with van der Waals surface area (Å²) in [7, 11) is 2.98. The zero-order valence-corrected chi connectivity index (χ0v) is 19.0. The number of phenolic OH excluding ortho intramolecular Hbond substituents is 1. The van der Waals surface area contributed by atoms with Gasteiger partial charge in [0.05, 0.1) is 38.5 Å². The maximum absolute atomic E-state index is 12.2. The Morgan fingerprint density at radius 2 is 1.69 bits per heavy atom. The molecule has 0 saturated carbocycles. The summed E-state index contributed by atoms with van der Waals surface area (Å²) in [5, 5.41) is 10.8. The second-order valence-electron chi connectivity index (χ2n) is 7.08. The van der Waals surface area contributed by atoms with Crippen LogP contribution in [0.1, 0.15) is 29.8 Å². The van der Waals surface area contributed by atoms with E-state index >= 15 is 0 Å². The quantitative estimate of drug-likeness (QED) is 0.484. The maximum Gasteiger partial charge on any atom is 0.338 e. The lowest BCUT2D eigenvalue weighted by atomic mass is 10.1. The Kier molecular flexibility index (Phi) is 7.37. The smallest absolute Gasteiger partial charge is 0.338 e. The number of benzene rings is 2. The third kappa shape index (κ3) is 5.39. The van der Waals surface area contributed by atoms with Crippen molar-refractivity contribution in [3.8, 4) is 17.5 Å². The first kappa shape index (κ1) is 23.1. The molecule has 1 aromatic heterocycles. The Hall–Kier alpha value is -3.52. The van der Waals surface area contributed by atoms with Gasteiger partial charge in [-0.2, -0.15) is 9.97 Å². The Labute approximate surface area is 191 Å². The Bertz CT molecular complexity index is 1050. The number of rotatable bonds is 8. The van der Waals surface area contributed by atoms with Gasteiger partial charge in [0.2, 0.25) is 17.7 Å². The van der Waals surface area contributed by atoms with E-state index in [9.17, 15) is 9.90 Å². The molecule has 0 unspecified atom stereocenters. The Morgan fingerprint density at radius 1 is 1.06 bits per heavy atom. The van der Waals surface area contributed by atoms with Crippen LogP contribution >= 0.6 is 11.6 Å². The van der Waals surface area contributed by atoms with Gasteiger partial charge in [-0.15, -0.1) is 0 Å². The molecule has 0 spiro atoms. The van der Waals surface area contributed by atoms with Gasteiger partial charge in [-0.25, -0.2) is 4.79 Å². The van der Waals surface area contributed by atoms with Crippen molar-refractivity contribution in [2.75, 3.05) is 19.1 Å². The minimum absolute atomic E-state index is 0.0366. The van der Waals surface area contributed by atoms with Crippen LogP contribution in [0.15, 0.2) is 48.5 Å². The normalized spacial score (nSPS) is 10.7. The molecule has 1 N–H and O–H groups in total. The fraction of sp³-hybridized carbons (Fsp3) is 0.261. The molecule has 0 atom stereocenters. The highest BCUT2D eigenvalue weighted by Crippen LogP contribution is 2.33. The van der Waals surface area contributed by atoms with Crippen molar-refractivity contribution >= 4 is 29.2 Å². The van der Waals surface area contributed by atoms with Gasteiger partial charge in [0.15, 0.2) is 0 Å². The summed E-state index contributed by atoms with van der Waals surface area (Å²) in [4.78, 5) is 22.8. The zero-order valence-electron chi connectivity index (χ0n) is 18.2. The number of carbonyl (C=O) groups is 1. The van der Waals surface area contributed by atoms with E-state index in [-0.39, 0.29) is 24.3 Å². The number of anilines is 2. The fourth-order valence-electron chi connectivity index (χ4n) is 2.92. The van der Waals surface area contributed by atoms with Gasteiger partial charge in [0.25, 0.3) is 0 Å². The number of aromatic nitrogens is 2. The van der Waals surface area contributed by atoms with E-state index in [1.54, 1.807) is 67.3 Å². The van der Waals surface area contributed by atoms with Crippen molar-refractivity contribution in [2.24, 2.45) is 0 Å². The van der Waals surface area contributed by atoms with Crippen molar-refractivity contribution in [1.29, 1.82) is 0 Å². The number of hydrogen-bond donors (Lipinski definition) is 1. The van der Waals surface area contributed by atoms with E-state index in [0.717, 1.165) is 0 Å². The summed E-state index contributed by atoms with van der Waals surface area (Å²) in [6, 6.07) is 13.2. The fourth-order valence-corrected chi connectivity index (χ4v) is 3.15. The molecule has 0 saturated heterocycles. The van der Waals surface area contributed by atoms with Crippen LogP contribution in [0.25, 0.3) is 0 Å². The van der Waals surface area contributed by atoms with Crippen LogP contribution in [0.4, 0.5) is 11.6 Å². The highest BCUT2D eigenvalue weighted by Gasteiger charge is 2.20. The average Bonchev–Trinajstić information content (AvgIpc) is 2.78. The standard InChI is InChI=1S/C23H24ClN3O5/c1-14(2)32-22(29)15-8-10-16(11-9-15)27(13-17-18(24)6-5-7-19(17)28)23-25-20(30-3)12-21(26-23)31-4/h5-12,14,28H,13H2,1-4H3. The number of aromatic hydroxyl groups is 1. The van der Waals surface area contributed by atoms with Gasteiger partial charge in [0, 0.05) is 16.3 Å². The molecule has 0 aliphatic carbocycles. The van der Waals surface area contributed by atoms with Crippen molar-refractivity contribution in [3.63, 3.8) is 0 Å². The van der Waals surface area contributed by atoms with Gasteiger partial charge in [-0.05, 0) is 50.2 Å². The number of nitrogens with zero attached hydrogens (tertiary/aromatic N) is 3. The van der Waals surface area contributed by atoms with Crippen LogP contribution in [-0.2, 0) is 11.3 Å². The van der Waals surface area contributed by atoms with Gasteiger partial charge >= 0.3 is 5.97 Å². The highest BCUT2D eigenvalue weighted by atomic mass is 35.5.